The van der Waals surface area contributed by atoms with Crippen LogP contribution in [0, 0.1) is 5.41 Å². The van der Waals surface area contributed by atoms with E-state index in [1.165, 1.54) is 5.56 Å². The molecular weight excluding hydrogens is 558 g/mol. The van der Waals surface area contributed by atoms with Crippen molar-refractivity contribution >= 4 is 40.3 Å². The fourth-order valence-corrected chi connectivity index (χ4v) is 5.59. The molecule has 2 aromatic carbocycles. The van der Waals surface area contributed by atoms with E-state index in [0.29, 0.717) is 19.1 Å². The van der Waals surface area contributed by atoms with Crippen LogP contribution in [0.5, 0.6) is 5.75 Å². The van der Waals surface area contributed by atoms with Gasteiger partial charge in [-0.05, 0) is 81.1 Å². The Bertz CT molecular complexity index is 1040. The van der Waals surface area contributed by atoms with Crippen molar-refractivity contribution in [2.24, 2.45) is 5.41 Å². The van der Waals surface area contributed by atoms with E-state index in [1.54, 1.807) is 14.0 Å². The zero-order valence-electron chi connectivity index (χ0n) is 21.6. The Morgan fingerprint density at radius 2 is 1.81 bits per heavy atom. The van der Waals surface area contributed by atoms with Crippen molar-refractivity contribution in [3.63, 3.8) is 0 Å². The molecule has 2 saturated heterocycles. The molecular formula is C28H37BrClN3O4. The third kappa shape index (κ3) is 7.39. The first-order valence-corrected chi connectivity index (χ1v) is 13.5. The summed E-state index contributed by atoms with van der Waals surface area (Å²) >= 11 is 3.48. The van der Waals surface area contributed by atoms with E-state index in [0.717, 1.165) is 67.6 Å². The van der Waals surface area contributed by atoms with Gasteiger partial charge in [0, 0.05) is 24.1 Å². The molecule has 1 N–H and O–H groups in total. The second kappa shape index (κ2) is 13.5. The van der Waals surface area contributed by atoms with Gasteiger partial charge in [0.25, 0.3) is 0 Å². The number of alkyl carbamates (subject to hydrolysis) is 1. The standard InChI is InChI=1S/C28H36BrN3O4.ClH/c1-3-36-27(34)30-25(22-5-4-6-24(19-22)35-2)11-15-31-16-12-28(13-17-31)14-18-32(26(28)33)20-21-7-9-23(29)10-8-21;/h4-10,19,25H,3,11-18,20H2,1-2H3,(H,30,34);1H. The minimum Gasteiger partial charge on any atom is -0.497 e. The SMILES string of the molecule is CCOC(=O)NC(CCN1CCC2(CC1)CCN(Cc1ccc(Br)cc1)C2=O)c1cccc(OC)c1.Cl. The van der Waals surface area contributed by atoms with Gasteiger partial charge in [0.15, 0.2) is 0 Å². The maximum absolute atomic E-state index is 13.4. The van der Waals surface area contributed by atoms with Gasteiger partial charge >= 0.3 is 6.09 Å². The van der Waals surface area contributed by atoms with Gasteiger partial charge in [0.2, 0.25) is 5.91 Å². The molecule has 0 aromatic heterocycles. The predicted molar refractivity (Wildman–Crippen MR) is 150 cm³/mol. The normalized spacial score (nSPS) is 17.8. The number of halogens is 2. The van der Waals surface area contributed by atoms with E-state index in [4.69, 9.17) is 9.47 Å². The van der Waals surface area contributed by atoms with Gasteiger partial charge in [-0.25, -0.2) is 4.79 Å². The van der Waals surface area contributed by atoms with Crippen LogP contribution in [0.4, 0.5) is 4.79 Å². The van der Waals surface area contributed by atoms with Crippen molar-refractivity contribution in [1.29, 1.82) is 0 Å². The van der Waals surface area contributed by atoms with Crippen LogP contribution < -0.4 is 10.1 Å². The molecule has 2 aromatic rings. The number of ether oxygens (including phenoxy) is 2. The second-order valence-electron chi connectivity index (χ2n) is 9.71. The van der Waals surface area contributed by atoms with Crippen molar-refractivity contribution in [2.45, 2.75) is 45.2 Å². The first-order valence-electron chi connectivity index (χ1n) is 12.8. The Balaban J connectivity index is 0.00000380. The molecule has 37 heavy (non-hydrogen) atoms. The Labute approximate surface area is 234 Å². The number of benzene rings is 2. The summed E-state index contributed by atoms with van der Waals surface area (Å²) < 4.78 is 11.6. The highest BCUT2D eigenvalue weighted by atomic mass is 79.9. The van der Waals surface area contributed by atoms with Crippen molar-refractivity contribution < 1.29 is 19.1 Å². The number of nitrogens with zero attached hydrogens (tertiary/aromatic N) is 2. The highest BCUT2D eigenvalue weighted by molar-refractivity contribution is 9.10. The van der Waals surface area contributed by atoms with E-state index >= 15 is 0 Å². The predicted octanol–water partition coefficient (Wildman–Crippen LogP) is 5.57. The number of carbonyl (C=O) groups excluding carboxylic acids is 2. The quantitative estimate of drug-likeness (QED) is 0.411. The van der Waals surface area contributed by atoms with Gasteiger partial charge < -0.3 is 24.6 Å². The molecule has 4 rings (SSSR count). The summed E-state index contributed by atoms with van der Waals surface area (Å²) in [6, 6.07) is 15.8. The van der Waals surface area contributed by atoms with Crippen molar-refractivity contribution in [3.05, 3.63) is 64.1 Å². The summed E-state index contributed by atoms with van der Waals surface area (Å²) in [6.45, 7) is 6.26. The molecule has 0 saturated carbocycles. The van der Waals surface area contributed by atoms with Crippen LogP contribution in [-0.4, -0.2) is 61.7 Å². The summed E-state index contributed by atoms with van der Waals surface area (Å²) in [5.41, 5.74) is 1.94. The molecule has 0 aliphatic carbocycles. The van der Waals surface area contributed by atoms with Gasteiger partial charge in [0.1, 0.15) is 5.75 Å². The van der Waals surface area contributed by atoms with Crippen LogP contribution in [0.15, 0.2) is 53.0 Å². The topological polar surface area (TPSA) is 71.1 Å². The van der Waals surface area contributed by atoms with Crippen LogP contribution >= 0.6 is 28.3 Å². The number of nitrogens with one attached hydrogen (secondary N) is 1. The average molecular weight is 595 g/mol. The largest absolute Gasteiger partial charge is 0.497 e. The zero-order valence-corrected chi connectivity index (χ0v) is 24.0. The molecule has 2 fully saturated rings. The van der Waals surface area contributed by atoms with Crippen molar-refractivity contribution in [1.82, 2.24) is 15.1 Å². The van der Waals surface area contributed by atoms with Crippen LogP contribution in [0.25, 0.3) is 0 Å². The Kier molecular flexibility index (Phi) is 10.7. The van der Waals surface area contributed by atoms with E-state index in [9.17, 15) is 9.59 Å². The molecule has 1 atom stereocenters. The lowest BCUT2D eigenvalue weighted by Crippen LogP contribution is -2.45. The Morgan fingerprint density at radius 3 is 2.49 bits per heavy atom. The van der Waals surface area contributed by atoms with Crippen LogP contribution in [0.1, 0.15) is 49.8 Å². The minimum atomic E-state index is -0.412. The Hall–Kier alpha value is -2.29. The monoisotopic (exact) mass is 593 g/mol. The molecule has 0 radical (unpaired) electrons. The molecule has 2 heterocycles. The number of methoxy groups -OCH3 is 1. The highest BCUT2D eigenvalue weighted by Crippen LogP contribution is 2.42. The molecule has 9 heteroatoms. The molecule has 202 valence electrons. The summed E-state index contributed by atoms with van der Waals surface area (Å²) in [5.74, 6) is 1.07. The van der Waals surface area contributed by atoms with E-state index < -0.39 is 6.09 Å². The summed E-state index contributed by atoms with van der Waals surface area (Å²) in [5, 5.41) is 3.01. The third-order valence-corrected chi connectivity index (χ3v) is 8.03. The first kappa shape index (κ1) is 29.3. The lowest BCUT2D eigenvalue weighted by atomic mass is 9.77. The molecule has 2 aliphatic heterocycles. The van der Waals surface area contributed by atoms with Gasteiger partial charge in [-0.15, -0.1) is 12.4 Å². The maximum Gasteiger partial charge on any atom is 0.407 e. The first-order chi connectivity index (χ1) is 17.4. The molecule has 2 aliphatic rings. The van der Waals surface area contributed by atoms with Gasteiger partial charge in [-0.1, -0.05) is 40.2 Å². The van der Waals surface area contributed by atoms with Crippen LogP contribution in [0.3, 0.4) is 0 Å². The van der Waals surface area contributed by atoms with E-state index in [-0.39, 0.29) is 23.9 Å². The lowest BCUT2D eigenvalue weighted by molar-refractivity contribution is -0.138. The van der Waals surface area contributed by atoms with Crippen LogP contribution in [-0.2, 0) is 16.1 Å². The zero-order chi connectivity index (χ0) is 25.5. The van der Waals surface area contributed by atoms with Crippen molar-refractivity contribution in [2.75, 3.05) is 39.9 Å². The molecule has 0 bridgehead atoms. The van der Waals surface area contributed by atoms with Gasteiger partial charge in [-0.3, -0.25) is 4.79 Å². The van der Waals surface area contributed by atoms with Crippen molar-refractivity contribution in [3.8, 4) is 5.75 Å². The minimum absolute atomic E-state index is 0. The molecule has 1 spiro atoms. The number of hydrogen-bond acceptors (Lipinski definition) is 5. The molecule has 7 nitrogen and oxygen atoms in total. The summed E-state index contributed by atoms with van der Waals surface area (Å²) in [7, 11) is 1.64. The molecule has 1 unspecified atom stereocenters. The number of rotatable bonds is 9. The van der Waals surface area contributed by atoms with E-state index in [1.807, 2.05) is 41.3 Å². The Morgan fingerprint density at radius 1 is 1.11 bits per heavy atom. The lowest BCUT2D eigenvalue weighted by Gasteiger charge is -2.38. The summed E-state index contributed by atoms with van der Waals surface area (Å²) in [4.78, 5) is 30.0. The van der Waals surface area contributed by atoms with E-state index in [2.05, 4.69) is 38.3 Å². The van der Waals surface area contributed by atoms with Crippen LogP contribution in [0.2, 0.25) is 0 Å². The highest BCUT2D eigenvalue weighted by Gasteiger charge is 2.47. The fraction of sp³-hybridized carbons (Fsp3) is 0.500. The second-order valence-corrected chi connectivity index (χ2v) is 10.6. The summed E-state index contributed by atoms with van der Waals surface area (Å²) in [6.07, 6.45) is 3.05. The average Bonchev–Trinajstić information content (AvgIpc) is 3.18. The smallest absolute Gasteiger partial charge is 0.407 e. The number of hydrogen-bond donors (Lipinski definition) is 1. The maximum atomic E-state index is 13.4. The van der Waals surface area contributed by atoms with Gasteiger partial charge in [0.05, 0.1) is 25.2 Å². The molecule has 2 amide bonds. The fourth-order valence-electron chi connectivity index (χ4n) is 5.33. The third-order valence-electron chi connectivity index (χ3n) is 7.50. The van der Waals surface area contributed by atoms with Gasteiger partial charge in [-0.2, -0.15) is 0 Å². The number of amides is 2. The number of carbonyl (C=O) groups is 2. The number of piperidine rings is 1. The number of likely N-dealkylation sites (tertiary alicyclic amines) is 2.